The molecule has 1 saturated heterocycles. The van der Waals surface area contributed by atoms with Crippen LogP contribution in [0.25, 0.3) is 0 Å². The van der Waals surface area contributed by atoms with E-state index in [2.05, 4.69) is 35.6 Å². The van der Waals surface area contributed by atoms with Gasteiger partial charge < -0.3 is 9.47 Å². The molecular formula is C19H28N4O2. The van der Waals surface area contributed by atoms with E-state index >= 15 is 0 Å². The number of hydrogen-bond acceptors (Lipinski definition) is 5. The molecule has 0 N–H and O–H groups in total. The lowest BCUT2D eigenvalue weighted by atomic mass is 10.1. The van der Waals surface area contributed by atoms with Crippen LogP contribution in [-0.2, 0) is 17.7 Å². The number of morpholine rings is 1. The summed E-state index contributed by atoms with van der Waals surface area (Å²) in [4.78, 5) is 7.37. The minimum Gasteiger partial charge on any atom is -0.497 e. The largest absolute Gasteiger partial charge is 0.497 e. The third kappa shape index (κ3) is 4.19. The van der Waals surface area contributed by atoms with Gasteiger partial charge in [0, 0.05) is 26.1 Å². The maximum Gasteiger partial charge on any atom is 0.155 e. The Kier molecular flexibility index (Phi) is 6.04. The van der Waals surface area contributed by atoms with Crippen molar-refractivity contribution in [3.63, 3.8) is 0 Å². The Bertz CT molecular complexity index is 663. The molecule has 6 nitrogen and oxygen atoms in total. The number of hydrogen-bond donors (Lipinski definition) is 0. The Labute approximate surface area is 149 Å². The number of rotatable bonds is 7. The van der Waals surface area contributed by atoms with Gasteiger partial charge in [-0.25, -0.2) is 9.67 Å². The van der Waals surface area contributed by atoms with Crippen LogP contribution in [0, 0.1) is 0 Å². The molecule has 2 heterocycles. The molecule has 0 radical (unpaired) electrons. The fourth-order valence-electron chi connectivity index (χ4n) is 3.38. The second kappa shape index (κ2) is 8.45. The normalized spacial score (nSPS) is 16.8. The Balaban J connectivity index is 1.79. The molecule has 1 atom stereocenters. The van der Waals surface area contributed by atoms with E-state index in [-0.39, 0.29) is 0 Å². The summed E-state index contributed by atoms with van der Waals surface area (Å²) in [6, 6.07) is 8.42. The zero-order valence-corrected chi connectivity index (χ0v) is 15.4. The van der Waals surface area contributed by atoms with E-state index in [9.17, 15) is 0 Å². The third-order valence-corrected chi connectivity index (χ3v) is 4.74. The molecule has 0 saturated carbocycles. The Morgan fingerprint density at radius 1 is 1.16 bits per heavy atom. The summed E-state index contributed by atoms with van der Waals surface area (Å²) < 4.78 is 12.8. The summed E-state index contributed by atoms with van der Waals surface area (Å²) in [6.45, 7) is 8.71. The average molecular weight is 344 g/mol. The van der Waals surface area contributed by atoms with Gasteiger partial charge in [-0.3, -0.25) is 4.90 Å². The summed E-state index contributed by atoms with van der Waals surface area (Å²) in [5.74, 6) is 2.83. The molecule has 0 amide bonds. The summed E-state index contributed by atoms with van der Waals surface area (Å²) in [5, 5.41) is 4.75. The molecular weight excluding hydrogens is 316 g/mol. The molecule has 3 rings (SSSR count). The summed E-state index contributed by atoms with van der Waals surface area (Å²) in [7, 11) is 1.68. The highest BCUT2D eigenvalue weighted by atomic mass is 16.5. The number of nitrogens with zero attached hydrogens (tertiary/aromatic N) is 4. The van der Waals surface area contributed by atoms with Gasteiger partial charge in [0.25, 0.3) is 0 Å². The highest BCUT2D eigenvalue weighted by Crippen LogP contribution is 2.24. The van der Waals surface area contributed by atoms with Crippen molar-refractivity contribution in [2.75, 3.05) is 33.4 Å². The van der Waals surface area contributed by atoms with E-state index in [1.807, 2.05) is 12.1 Å². The van der Waals surface area contributed by atoms with Gasteiger partial charge in [-0.15, -0.1) is 0 Å². The molecule has 0 bridgehead atoms. The molecule has 0 aliphatic carbocycles. The lowest BCUT2D eigenvalue weighted by Crippen LogP contribution is -2.39. The topological polar surface area (TPSA) is 52.4 Å². The van der Waals surface area contributed by atoms with E-state index in [1.54, 1.807) is 7.11 Å². The smallest absolute Gasteiger partial charge is 0.155 e. The third-order valence-electron chi connectivity index (χ3n) is 4.74. The fraction of sp³-hybridized carbons (Fsp3) is 0.579. The first-order valence-electron chi connectivity index (χ1n) is 9.13. The first-order chi connectivity index (χ1) is 12.2. The highest BCUT2D eigenvalue weighted by Gasteiger charge is 2.26. The molecule has 1 aromatic heterocycles. The molecule has 0 spiro atoms. The van der Waals surface area contributed by atoms with Crippen LogP contribution < -0.4 is 4.74 Å². The molecule has 136 valence electrons. The van der Waals surface area contributed by atoms with Crippen LogP contribution in [-0.4, -0.2) is 53.1 Å². The van der Waals surface area contributed by atoms with E-state index in [1.165, 1.54) is 5.56 Å². The standard InChI is InChI=1S/C19H28N4O2/c1-4-17(22-10-12-25-13-11-22)19-20-18(21-23(19)5-2)14-15-6-8-16(24-3)9-7-15/h6-9,17H,4-5,10-14H2,1-3H3. The van der Waals surface area contributed by atoms with Gasteiger partial charge in [0.2, 0.25) is 0 Å². The minimum atomic E-state index is 0.306. The average Bonchev–Trinajstić information content (AvgIpc) is 3.06. The summed E-state index contributed by atoms with van der Waals surface area (Å²) in [5.41, 5.74) is 1.19. The Morgan fingerprint density at radius 3 is 2.48 bits per heavy atom. The van der Waals surface area contributed by atoms with Gasteiger partial charge in [-0.1, -0.05) is 19.1 Å². The van der Waals surface area contributed by atoms with Gasteiger partial charge in [-0.2, -0.15) is 5.10 Å². The second-order valence-electron chi connectivity index (χ2n) is 6.30. The van der Waals surface area contributed by atoms with Crippen LogP contribution in [0.5, 0.6) is 5.75 Å². The van der Waals surface area contributed by atoms with Gasteiger partial charge in [0.15, 0.2) is 5.82 Å². The summed E-state index contributed by atoms with van der Waals surface area (Å²) in [6.07, 6.45) is 1.77. The monoisotopic (exact) mass is 344 g/mol. The zero-order chi connectivity index (χ0) is 17.6. The molecule has 2 aromatic rings. The Morgan fingerprint density at radius 2 is 1.88 bits per heavy atom. The molecule has 25 heavy (non-hydrogen) atoms. The van der Waals surface area contributed by atoms with Crippen LogP contribution in [0.1, 0.15) is 43.5 Å². The Hall–Kier alpha value is -1.92. The van der Waals surface area contributed by atoms with Crippen molar-refractivity contribution in [3.05, 3.63) is 41.5 Å². The SMILES string of the molecule is CCC(c1nc(Cc2ccc(OC)cc2)nn1CC)N1CCOCC1. The van der Waals surface area contributed by atoms with Gasteiger partial charge in [0.05, 0.1) is 26.4 Å². The van der Waals surface area contributed by atoms with Crippen molar-refractivity contribution in [2.45, 2.75) is 39.3 Å². The predicted octanol–water partition coefficient (Wildman–Crippen LogP) is 2.68. The van der Waals surface area contributed by atoms with Crippen LogP contribution in [0.15, 0.2) is 24.3 Å². The number of aromatic nitrogens is 3. The lowest BCUT2D eigenvalue weighted by Gasteiger charge is -2.33. The zero-order valence-electron chi connectivity index (χ0n) is 15.4. The van der Waals surface area contributed by atoms with Crippen LogP contribution in [0.4, 0.5) is 0 Å². The molecule has 1 unspecified atom stereocenters. The van der Waals surface area contributed by atoms with Crippen molar-refractivity contribution in [1.82, 2.24) is 19.7 Å². The predicted molar refractivity (Wildman–Crippen MR) is 96.9 cm³/mol. The van der Waals surface area contributed by atoms with Crippen molar-refractivity contribution >= 4 is 0 Å². The van der Waals surface area contributed by atoms with E-state index < -0.39 is 0 Å². The number of benzene rings is 1. The molecule has 1 aliphatic rings. The van der Waals surface area contributed by atoms with Gasteiger partial charge in [0.1, 0.15) is 11.6 Å². The van der Waals surface area contributed by atoms with E-state index in [0.29, 0.717) is 6.04 Å². The number of aryl methyl sites for hydroxylation is 1. The van der Waals surface area contributed by atoms with Gasteiger partial charge in [-0.05, 0) is 31.0 Å². The minimum absolute atomic E-state index is 0.306. The lowest BCUT2D eigenvalue weighted by molar-refractivity contribution is 0.0124. The van der Waals surface area contributed by atoms with E-state index in [4.69, 9.17) is 19.6 Å². The number of ether oxygens (including phenoxy) is 2. The molecule has 6 heteroatoms. The van der Waals surface area contributed by atoms with Crippen LogP contribution in [0.3, 0.4) is 0 Å². The number of methoxy groups -OCH3 is 1. The fourth-order valence-corrected chi connectivity index (χ4v) is 3.38. The van der Waals surface area contributed by atoms with Crippen molar-refractivity contribution in [3.8, 4) is 5.75 Å². The molecule has 1 aromatic carbocycles. The van der Waals surface area contributed by atoms with Crippen molar-refractivity contribution in [2.24, 2.45) is 0 Å². The van der Waals surface area contributed by atoms with E-state index in [0.717, 1.165) is 63.1 Å². The van der Waals surface area contributed by atoms with Crippen LogP contribution in [0.2, 0.25) is 0 Å². The maximum absolute atomic E-state index is 5.50. The van der Waals surface area contributed by atoms with Crippen LogP contribution >= 0.6 is 0 Å². The molecule has 1 fully saturated rings. The van der Waals surface area contributed by atoms with Crippen molar-refractivity contribution in [1.29, 1.82) is 0 Å². The highest BCUT2D eigenvalue weighted by molar-refractivity contribution is 5.28. The molecule has 1 aliphatic heterocycles. The van der Waals surface area contributed by atoms with Gasteiger partial charge >= 0.3 is 0 Å². The van der Waals surface area contributed by atoms with Crippen molar-refractivity contribution < 1.29 is 9.47 Å². The maximum atomic E-state index is 5.50. The quantitative estimate of drug-likeness (QED) is 0.773. The second-order valence-corrected chi connectivity index (χ2v) is 6.30. The summed E-state index contributed by atoms with van der Waals surface area (Å²) >= 11 is 0. The first kappa shape index (κ1) is 17.9. The first-order valence-corrected chi connectivity index (χ1v) is 9.13.